The summed E-state index contributed by atoms with van der Waals surface area (Å²) in [6, 6.07) is 3.46. The maximum absolute atomic E-state index is 12.6. The Hall–Kier alpha value is -1.37. The molecule has 4 rings (SSSR count). The van der Waals surface area contributed by atoms with E-state index < -0.39 is 0 Å². The van der Waals surface area contributed by atoms with E-state index in [2.05, 4.69) is 4.90 Å². The third kappa shape index (κ3) is 3.36. The smallest absolute Gasteiger partial charge is 0.289 e. The first-order chi connectivity index (χ1) is 11.7. The first kappa shape index (κ1) is 16.1. The van der Waals surface area contributed by atoms with Crippen LogP contribution in [0.5, 0.6) is 0 Å². The molecule has 1 aromatic heterocycles. The van der Waals surface area contributed by atoms with Crippen LogP contribution < -0.4 is 0 Å². The maximum atomic E-state index is 12.6. The molecule has 0 saturated carbocycles. The van der Waals surface area contributed by atoms with Gasteiger partial charge in [-0.15, -0.1) is 0 Å². The number of ether oxygens (including phenoxy) is 2. The summed E-state index contributed by atoms with van der Waals surface area (Å²) < 4.78 is 17.3. The molecule has 1 amide bonds. The lowest BCUT2D eigenvalue weighted by Crippen LogP contribution is -2.46. The van der Waals surface area contributed by atoms with Gasteiger partial charge in [-0.2, -0.15) is 0 Å². The lowest BCUT2D eigenvalue weighted by atomic mass is 9.94. The van der Waals surface area contributed by atoms with E-state index in [0.717, 1.165) is 19.6 Å². The fourth-order valence-corrected chi connectivity index (χ4v) is 4.23. The summed E-state index contributed by atoms with van der Waals surface area (Å²) >= 11 is 0. The van der Waals surface area contributed by atoms with Gasteiger partial charge in [-0.1, -0.05) is 0 Å². The van der Waals surface area contributed by atoms with Crippen molar-refractivity contribution in [1.82, 2.24) is 9.80 Å². The molecular formula is C18H26N2O4. The average molecular weight is 334 g/mol. The molecule has 6 heteroatoms. The number of carbonyl (C=O) groups is 1. The normalized spacial score (nSPS) is 31.7. The highest BCUT2D eigenvalue weighted by atomic mass is 16.5. The highest BCUT2D eigenvalue weighted by Crippen LogP contribution is 2.34. The number of carbonyl (C=O) groups excluding carboxylic acids is 1. The SMILES string of the molecule is O=C(c1ccco1)N1CCOC[C@]2(C[C@@H](CN3CCCC3)CO2)C1. The number of rotatable bonds is 3. The van der Waals surface area contributed by atoms with Gasteiger partial charge in [0.05, 0.1) is 32.6 Å². The van der Waals surface area contributed by atoms with E-state index in [9.17, 15) is 4.79 Å². The van der Waals surface area contributed by atoms with Crippen LogP contribution in [0.4, 0.5) is 0 Å². The van der Waals surface area contributed by atoms with Gasteiger partial charge >= 0.3 is 0 Å². The van der Waals surface area contributed by atoms with Crippen LogP contribution in [0.2, 0.25) is 0 Å². The summed E-state index contributed by atoms with van der Waals surface area (Å²) in [5.41, 5.74) is -0.358. The Bertz CT molecular complexity index is 555. The van der Waals surface area contributed by atoms with Gasteiger partial charge in [0, 0.05) is 13.1 Å². The zero-order valence-electron chi connectivity index (χ0n) is 14.1. The molecule has 24 heavy (non-hydrogen) atoms. The summed E-state index contributed by atoms with van der Waals surface area (Å²) in [6.07, 6.45) is 5.13. The zero-order chi connectivity index (χ0) is 16.4. The van der Waals surface area contributed by atoms with E-state index in [4.69, 9.17) is 13.9 Å². The third-order valence-corrected chi connectivity index (χ3v) is 5.37. The number of amides is 1. The Morgan fingerprint density at radius 1 is 1.29 bits per heavy atom. The fourth-order valence-electron chi connectivity index (χ4n) is 4.23. The summed E-state index contributed by atoms with van der Waals surface area (Å²) in [7, 11) is 0. The van der Waals surface area contributed by atoms with Crippen molar-refractivity contribution in [3.8, 4) is 0 Å². The Balaban J connectivity index is 1.41. The van der Waals surface area contributed by atoms with Gasteiger partial charge in [0.15, 0.2) is 5.76 Å². The van der Waals surface area contributed by atoms with Crippen molar-refractivity contribution in [2.45, 2.75) is 24.9 Å². The van der Waals surface area contributed by atoms with Crippen LogP contribution >= 0.6 is 0 Å². The van der Waals surface area contributed by atoms with Crippen LogP contribution in [0.3, 0.4) is 0 Å². The van der Waals surface area contributed by atoms with Crippen molar-refractivity contribution in [3.63, 3.8) is 0 Å². The summed E-state index contributed by atoms with van der Waals surface area (Å²) in [5.74, 6) is 0.848. The van der Waals surface area contributed by atoms with Crippen molar-refractivity contribution in [2.75, 3.05) is 52.5 Å². The number of likely N-dealkylation sites (tertiary alicyclic amines) is 1. The second kappa shape index (κ2) is 6.86. The van der Waals surface area contributed by atoms with Crippen LogP contribution in [0.25, 0.3) is 0 Å². The predicted molar refractivity (Wildman–Crippen MR) is 87.9 cm³/mol. The van der Waals surface area contributed by atoms with Crippen LogP contribution in [-0.2, 0) is 9.47 Å². The molecule has 132 valence electrons. The standard InChI is InChI=1S/C18H26N2O4/c21-17(16-4-3-8-23-16)20-7-9-22-14-18(13-20)10-15(12-24-18)11-19-5-1-2-6-19/h3-4,8,15H,1-2,5-7,9-14H2/t15-,18-/m0/s1. The third-order valence-electron chi connectivity index (χ3n) is 5.37. The van der Waals surface area contributed by atoms with Crippen LogP contribution in [-0.4, -0.2) is 73.9 Å². The topological polar surface area (TPSA) is 55.2 Å². The van der Waals surface area contributed by atoms with E-state index >= 15 is 0 Å². The van der Waals surface area contributed by atoms with E-state index in [1.807, 2.05) is 4.90 Å². The van der Waals surface area contributed by atoms with E-state index in [0.29, 0.717) is 38.0 Å². The molecule has 3 fully saturated rings. The minimum absolute atomic E-state index is 0.0727. The minimum atomic E-state index is -0.358. The second-order valence-electron chi connectivity index (χ2n) is 7.33. The Kier molecular flexibility index (Phi) is 4.61. The molecule has 0 aromatic carbocycles. The molecule has 3 saturated heterocycles. The summed E-state index contributed by atoms with van der Waals surface area (Å²) in [6.45, 7) is 6.59. The molecule has 0 bridgehead atoms. The molecule has 0 aliphatic carbocycles. The lowest BCUT2D eigenvalue weighted by molar-refractivity contribution is -0.0540. The number of hydrogen-bond donors (Lipinski definition) is 0. The van der Waals surface area contributed by atoms with Crippen LogP contribution in [0.1, 0.15) is 29.8 Å². The average Bonchev–Trinajstić information content (AvgIpc) is 3.30. The fraction of sp³-hybridized carbons (Fsp3) is 0.722. The highest BCUT2D eigenvalue weighted by Gasteiger charge is 2.44. The number of hydrogen-bond acceptors (Lipinski definition) is 5. The van der Waals surface area contributed by atoms with E-state index in [1.54, 1.807) is 12.1 Å². The van der Waals surface area contributed by atoms with Crippen molar-refractivity contribution in [3.05, 3.63) is 24.2 Å². The number of nitrogens with zero attached hydrogens (tertiary/aromatic N) is 2. The molecular weight excluding hydrogens is 308 g/mol. The first-order valence-electron chi connectivity index (χ1n) is 9.01. The zero-order valence-corrected chi connectivity index (χ0v) is 14.1. The molecule has 0 unspecified atom stereocenters. The molecule has 1 spiro atoms. The van der Waals surface area contributed by atoms with Gasteiger partial charge in [0.25, 0.3) is 5.91 Å². The minimum Gasteiger partial charge on any atom is -0.459 e. The number of furan rings is 1. The first-order valence-corrected chi connectivity index (χ1v) is 9.01. The van der Waals surface area contributed by atoms with Crippen molar-refractivity contribution in [1.29, 1.82) is 0 Å². The van der Waals surface area contributed by atoms with Gasteiger partial charge in [-0.05, 0) is 50.4 Å². The molecule has 0 radical (unpaired) electrons. The summed E-state index contributed by atoms with van der Waals surface area (Å²) in [5, 5.41) is 0. The maximum Gasteiger partial charge on any atom is 0.289 e. The van der Waals surface area contributed by atoms with Gasteiger partial charge in [0.1, 0.15) is 5.60 Å². The molecule has 4 heterocycles. The largest absolute Gasteiger partial charge is 0.459 e. The second-order valence-corrected chi connectivity index (χ2v) is 7.33. The van der Waals surface area contributed by atoms with Gasteiger partial charge in [0.2, 0.25) is 0 Å². The monoisotopic (exact) mass is 334 g/mol. The molecule has 3 aliphatic heterocycles. The van der Waals surface area contributed by atoms with Crippen molar-refractivity contribution >= 4 is 5.91 Å². The predicted octanol–water partition coefficient (Wildman–Crippen LogP) is 1.62. The Labute approximate surface area is 142 Å². The molecule has 1 aromatic rings. The lowest BCUT2D eigenvalue weighted by Gasteiger charge is -2.31. The highest BCUT2D eigenvalue weighted by molar-refractivity contribution is 5.91. The van der Waals surface area contributed by atoms with Crippen LogP contribution in [0, 0.1) is 5.92 Å². The quantitative estimate of drug-likeness (QED) is 0.841. The van der Waals surface area contributed by atoms with E-state index in [1.165, 1.54) is 32.2 Å². The van der Waals surface area contributed by atoms with E-state index in [-0.39, 0.29) is 11.5 Å². The Morgan fingerprint density at radius 2 is 2.17 bits per heavy atom. The molecule has 6 nitrogen and oxygen atoms in total. The Morgan fingerprint density at radius 3 is 2.96 bits per heavy atom. The molecule has 2 atom stereocenters. The molecule has 0 N–H and O–H groups in total. The molecule has 3 aliphatic rings. The van der Waals surface area contributed by atoms with Gasteiger partial charge in [-0.25, -0.2) is 0 Å². The van der Waals surface area contributed by atoms with Gasteiger partial charge < -0.3 is 23.7 Å². The van der Waals surface area contributed by atoms with Crippen LogP contribution in [0.15, 0.2) is 22.8 Å². The summed E-state index contributed by atoms with van der Waals surface area (Å²) in [4.78, 5) is 17.0. The van der Waals surface area contributed by atoms with Crippen molar-refractivity contribution < 1.29 is 18.7 Å². The van der Waals surface area contributed by atoms with Gasteiger partial charge in [-0.3, -0.25) is 4.79 Å². The van der Waals surface area contributed by atoms with Crippen molar-refractivity contribution in [2.24, 2.45) is 5.92 Å².